The van der Waals surface area contributed by atoms with E-state index >= 15 is 0 Å². The summed E-state index contributed by atoms with van der Waals surface area (Å²) >= 11 is 0. The molecule has 0 aliphatic rings. The first kappa shape index (κ1) is 13.3. The molecule has 0 atom stereocenters. The molecule has 0 bridgehead atoms. The number of aryl methyl sites for hydroxylation is 1. The van der Waals surface area contributed by atoms with Gasteiger partial charge in [0.2, 0.25) is 0 Å². The van der Waals surface area contributed by atoms with E-state index in [1.807, 2.05) is 0 Å². The smallest absolute Gasteiger partial charge is 0.258 e. The average Bonchev–Trinajstić information content (AvgIpc) is 2.26. The van der Waals surface area contributed by atoms with Crippen molar-refractivity contribution in [1.29, 1.82) is 0 Å². The quantitative estimate of drug-likeness (QED) is 0.587. The molecule has 0 amide bonds. The van der Waals surface area contributed by atoms with Crippen LogP contribution in [0.1, 0.15) is 5.56 Å². The van der Waals surface area contributed by atoms with Crippen LogP contribution in [0.4, 0.5) is 17.1 Å². The first-order chi connectivity index (χ1) is 8.25. The van der Waals surface area contributed by atoms with Crippen molar-refractivity contribution in [2.45, 2.75) is 6.92 Å². The van der Waals surface area contributed by atoms with Gasteiger partial charge in [-0.1, -0.05) is 5.01 Å². The Morgan fingerprint density at radius 2 is 1.39 bits per heavy atom. The Labute approximate surface area is 99.9 Å². The maximum atomic E-state index is 10.8. The van der Waals surface area contributed by atoms with E-state index < -0.39 is 31.9 Å². The lowest BCUT2D eigenvalue weighted by atomic mass is 10.1. The lowest BCUT2D eigenvalue weighted by molar-refractivity contribution is -0.493. The molecular formula is C8H8N4O6. The Bertz CT molecular complexity index is 507. The Hall–Kier alpha value is -2.78. The summed E-state index contributed by atoms with van der Waals surface area (Å²) in [5.74, 6) is 0. The zero-order chi connectivity index (χ0) is 14.0. The van der Waals surface area contributed by atoms with Crippen LogP contribution in [0, 0.1) is 37.3 Å². The summed E-state index contributed by atoms with van der Waals surface area (Å²) < 4.78 is 0. The van der Waals surface area contributed by atoms with E-state index in [2.05, 4.69) is 0 Å². The fraction of sp³-hybridized carbons (Fsp3) is 0.250. The average molecular weight is 256 g/mol. The van der Waals surface area contributed by atoms with E-state index in [0.717, 1.165) is 19.2 Å². The molecule has 0 aromatic heterocycles. The fourth-order valence-electron chi connectivity index (χ4n) is 1.43. The largest absolute Gasteiger partial charge is 0.306 e. The van der Waals surface area contributed by atoms with Gasteiger partial charge in [-0.25, -0.2) is 10.1 Å². The zero-order valence-corrected chi connectivity index (χ0v) is 9.39. The molecule has 0 aliphatic heterocycles. The van der Waals surface area contributed by atoms with Crippen molar-refractivity contribution >= 4 is 17.1 Å². The highest BCUT2D eigenvalue weighted by molar-refractivity contribution is 5.74. The maximum absolute atomic E-state index is 10.8. The highest BCUT2D eigenvalue weighted by Gasteiger charge is 2.34. The fourth-order valence-corrected chi connectivity index (χ4v) is 1.43. The van der Waals surface area contributed by atoms with E-state index in [4.69, 9.17) is 0 Å². The molecule has 1 aromatic carbocycles. The molecule has 0 N–H and O–H groups in total. The number of anilines is 1. The topological polar surface area (TPSA) is 133 Å². The summed E-state index contributed by atoms with van der Waals surface area (Å²) in [5.41, 5.74) is -1.74. The van der Waals surface area contributed by atoms with Crippen molar-refractivity contribution in [3.8, 4) is 0 Å². The number of nitro groups is 3. The molecule has 0 aliphatic carbocycles. The third-order valence-corrected chi connectivity index (χ3v) is 2.18. The normalized spacial score (nSPS) is 9.89. The van der Waals surface area contributed by atoms with Crippen LogP contribution in [0.25, 0.3) is 0 Å². The third-order valence-electron chi connectivity index (χ3n) is 2.18. The zero-order valence-electron chi connectivity index (χ0n) is 9.39. The highest BCUT2D eigenvalue weighted by atomic mass is 16.7. The molecule has 0 heterocycles. The van der Waals surface area contributed by atoms with Crippen molar-refractivity contribution < 1.29 is 14.9 Å². The monoisotopic (exact) mass is 256 g/mol. The highest BCUT2D eigenvalue weighted by Crippen LogP contribution is 2.37. The predicted octanol–water partition coefficient (Wildman–Crippen LogP) is 1.44. The molecule has 1 rings (SSSR count). The minimum Gasteiger partial charge on any atom is -0.258 e. The molecule has 96 valence electrons. The van der Waals surface area contributed by atoms with Crippen LogP contribution in [0.15, 0.2) is 12.1 Å². The van der Waals surface area contributed by atoms with Crippen molar-refractivity contribution in [3.63, 3.8) is 0 Å². The molecule has 0 saturated heterocycles. The number of rotatable bonds is 4. The number of hydrogen-bond donors (Lipinski definition) is 0. The van der Waals surface area contributed by atoms with Gasteiger partial charge < -0.3 is 0 Å². The van der Waals surface area contributed by atoms with Crippen molar-refractivity contribution in [1.82, 2.24) is 0 Å². The Kier molecular flexibility index (Phi) is 3.40. The minimum atomic E-state index is -0.968. The van der Waals surface area contributed by atoms with E-state index in [1.165, 1.54) is 6.92 Å². The van der Waals surface area contributed by atoms with E-state index in [9.17, 15) is 30.3 Å². The second kappa shape index (κ2) is 4.61. The number of hydrazine groups is 1. The SMILES string of the molecule is Cc1cc([N+](=O)[O-])c(N(C)[N+](=O)[O-])c([N+](=O)[O-])c1. The molecular weight excluding hydrogens is 248 g/mol. The number of nitrogens with zero attached hydrogens (tertiary/aromatic N) is 4. The second-order valence-corrected chi connectivity index (χ2v) is 3.43. The summed E-state index contributed by atoms with van der Waals surface area (Å²) in [5, 5.41) is 31.5. The van der Waals surface area contributed by atoms with Gasteiger partial charge in [-0.2, -0.15) is 0 Å². The van der Waals surface area contributed by atoms with Gasteiger partial charge in [0.15, 0.2) is 5.03 Å². The number of nitro benzene ring substituents is 2. The molecule has 10 heteroatoms. The van der Waals surface area contributed by atoms with Crippen LogP contribution < -0.4 is 5.01 Å². The summed E-state index contributed by atoms with van der Waals surface area (Å²) in [6.45, 7) is 1.43. The Balaban J connectivity index is 3.66. The van der Waals surface area contributed by atoms with Gasteiger partial charge in [-0.05, 0) is 12.5 Å². The first-order valence-electron chi connectivity index (χ1n) is 4.57. The lowest BCUT2D eigenvalue weighted by Gasteiger charge is -2.09. The van der Waals surface area contributed by atoms with E-state index in [0.29, 0.717) is 0 Å². The van der Waals surface area contributed by atoms with E-state index in [-0.39, 0.29) is 10.6 Å². The summed E-state index contributed by atoms with van der Waals surface area (Å²) in [7, 11) is 0.907. The van der Waals surface area contributed by atoms with Gasteiger partial charge in [0.25, 0.3) is 5.69 Å². The summed E-state index contributed by atoms with van der Waals surface area (Å²) in [4.78, 5) is 30.5. The number of benzene rings is 1. The van der Waals surface area contributed by atoms with Crippen LogP contribution in [0.3, 0.4) is 0 Å². The standard InChI is InChI=1S/C8H8N4O6/c1-5-3-6(10(13)14)8(9(2)12(17)18)7(4-5)11(15)16/h3-4H,1-2H3. The molecule has 0 unspecified atom stereocenters. The van der Waals surface area contributed by atoms with Crippen molar-refractivity contribution in [2.24, 2.45) is 0 Å². The van der Waals surface area contributed by atoms with Crippen molar-refractivity contribution in [2.75, 3.05) is 12.1 Å². The van der Waals surface area contributed by atoms with Gasteiger partial charge in [0, 0.05) is 12.1 Å². The van der Waals surface area contributed by atoms with E-state index in [1.54, 1.807) is 0 Å². The van der Waals surface area contributed by atoms with Gasteiger partial charge in [0.05, 0.1) is 16.9 Å². The Morgan fingerprint density at radius 1 is 1.00 bits per heavy atom. The molecule has 18 heavy (non-hydrogen) atoms. The first-order valence-corrected chi connectivity index (χ1v) is 4.57. The molecule has 0 radical (unpaired) electrons. The predicted molar refractivity (Wildman–Crippen MR) is 59.9 cm³/mol. The van der Waals surface area contributed by atoms with Gasteiger partial charge in [-0.3, -0.25) is 20.2 Å². The lowest BCUT2D eigenvalue weighted by Crippen LogP contribution is -2.26. The van der Waals surface area contributed by atoms with Crippen LogP contribution in [0.5, 0.6) is 0 Å². The minimum absolute atomic E-state index is 0.260. The maximum Gasteiger partial charge on any atom is 0.306 e. The van der Waals surface area contributed by atoms with Crippen LogP contribution in [-0.2, 0) is 0 Å². The van der Waals surface area contributed by atoms with Crippen LogP contribution >= 0.6 is 0 Å². The van der Waals surface area contributed by atoms with Gasteiger partial charge in [-0.15, -0.1) is 0 Å². The molecule has 0 fully saturated rings. The van der Waals surface area contributed by atoms with Crippen LogP contribution in [-0.4, -0.2) is 21.9 Å². The molecule has 0 saturated carbocycles. The van der Waals surface area contributed by atoms with Gasteiger partial charge >= 0.3 is 11.4 Å². The third kappa shape index (κ3) is 2.31. The second-order valence-electron chi connectivity index (χ2n) is 3.43. The molecule has 10 nitrogen and oxygen atoms in total. The van der Waals surface area contributed by atoms with Crippen LogP contribution in [0.2, 0.25) is 0 Å². The molecule has 1 aromatic rings. The van der Waals surface area contributed by atoms with Crippen molar-refractivity contribution in [3.05, 3.63) is 48.0 Å². The summed E-state index contributed by atoms with van der Waals surface area (Å²) in [6, 6.07) is 2.09. The number of hydrogen-bond acceptors (Lipinski definition) is 6. The van der Waals surface area contributed by atoms with Gasteiger partial charge in [0.1, 0.15) is 0 Å². The molecule has 0 spiro atoms. The summed E-state index contributed by atoms with van der Waals surface area (Å²) in [6.07, 6.45) is 0. The Morgan fingerprint density at radius 3 is 1.67 bits per heavy atom.